The molecule has 2 nitrogen and oxygen atoms in total. The highest BCUT2D eigenvalue weighted by Crippen LogP contribution is 2.59. The van der Waals surface area contributed by atoms with Crippen molar-refractivity contribution < 1.29 is 5.32 Å². The van der Waals surface area contributed by atoms with Gasteiger partial charge >= 0.3 is 0 Å². The molecular weight excluding hydrogens is 316 g/mol. The van der Waals surface area contributed by atoms with Crippen LogP contribution in [-0.2, 0) is 6.42 Å². The number of fused-ring (bicyclic) bond motifs is 3. The van der Waals surface area contributed by atoms with Crippen molar-refractivity contribution in [3.8, 4) is 0 Å². The minimum atomic E-state index is 0.666. The Balaban J connectivity index is 1.26. The molecule has 0 spiro atoms. The van der Waals surface area contributed by atoms with Gasteiger partial charge in [-0.05, 0) is 93.7 Å². The van der Waals surface area contributed by atoms with Crippen LogP contribution >= 0.6 is 0 Å². The van der Waals surface area contributed by atoms with Gasteiger partial charge in [0.05, 0.1) is 12.2 Å². The van der Waals surface area contributed by atoms with Gasteiger partial charge in [-0.1, -0.05) is 11.6 Å². The van der Waals surface area contributed by atoms with Crippen molar-refractivity contribution in [2.24, 2.45) is 23.2 Å². The number of aromatic amines is 1. The summed E-state index contributed by atoms with van der Waals surface area (Å²) in [4.78, 5) is 3.82. The lowest BCUT2D eigenvalue weighted by Gasteiger charge is -2.56. The summed E-state index contributed by atoms with van der Waals surface area (Å²) in [5.74, 6) is 3.23. The van der Waals surface area contributed by atoms with Crippen molar-refractivity contribution in [2.75, 3.05) is 6.54 Å². The van der Waals surface area contributed by atoms with Crippen LogP contribution in [0.1, 0.15) is 74.2 Å². The first kappa shape index (κ1) is 15.7. The number of aryl methyl sites for hydroxylation is 2. The molecule has 1 atom stereocenters. The van der Waals surface area contributed by atoms with Gasteiger partial charge in [-0.3, -0.25) is 0 Å². The standard InChI is InChI=1S/C24H32N2/c1-15-5-6-21-20(7-15)19-3-2-4-22(23(19)26-21)25-14-24-11-16-8-17(12-24)10-18(9-16)13-24/h5-7,16-18,22,25-26H,2-4,8-14H2,1H3/p+1/t16?,17?,18?,22-,24?/m1/s1. The first-order valence-corrected chi connectivity index (χ1v) is 11.1. The maximum atomic E-state index is 3.82. The zero-order chi connectivity index (χ0) is 17.3. The smallest absolute Gasteiger partial charge is 0.127 e. The van der Waals surface area contributed by atoms with E-state index in [9.17, 15) is 0 Å². The highest BCUT2D eigenvalue weighted by Gasteiger charge is 2.52. The van der Waals surface area contributed by atoms with Crippen molar-refractivity contribution in [1.29, 1.82) is 0 Å². The van der Waals surface area contributed by atoms with Crippen LogP contribution in [0.25, 0.3) is 10.9 Å². The van der Waals surface area contributed by atoms with Crippen LogP contribution in [0.4, 0.5) is 0 Å². The molecule has 4 fully saturated rings. The van der Waals surface area contributed by atoms with Crippen molar-refractivity contribution in [1.82, 2.24) is 4.98 Å². The average molecular weight is 350 g/mol. The Bertz CT molecular complexity index is 810. The third kappa shape index (κ3) is 2.41. The molecule has 0 saturated heterocycles. The summed E-state index contributed by atoms with van der Waals surface area (Å²) in [6.07, 6.45) is 13.3. The third-order valence-electron chi connectivity index (χ3n) is 8.41. The lowest BCUT2D eigenvalue weighted by Crippen LogP contribution is -2.89. The highest BCUT2D eigenvalue weighted by atomic mass is 15.0. The molecule has 26 heavy (non-hydrogen) atoms. The van der Waals surface area contributed by atoms with Crippen LogP contribution in [0, 0.1) is 30.1 Å². The predicted molar refractivity (Wildman–Crippen MR) is 106 cm³/mol. The molecule has 2 heteroatoms. The first-order valence-electron chi connectivity index (χ1n) is 11.1. The number of nitrogens with one attached hydrogen (secondary N) is 1. The molecule has 0 aliphatic heterocycles. The number of quaternary nitrogens is 1. The van der Waals surface area contributed by atoms with Crippen molar-refractivity contribution >= 4 is 10.9 Å². The summed E-state index contributed by atoms with van der Waals surface area (Å²) in [7, 11) is 0. The summed E-state index contributed by atoms with van der Waals surface area (Å²) in [5, 5.41) is 4.25. The van der Waals surface area contributed by atoms with Crippen molar-refractivity contribution in [3.05, 3.63) is 35.0 Å². The van der Waals surface area contributed by atoms with E-state index in [0.29, 0.717) is 11.5 Å². The Morgan fingerprint density at radius 1 is 1.08 bits per heavy atom. The third-order valence-corrected chi connectivity index (χ3v) is 8.41. The lowest BCUT2D eigenvalue weighted by molar-refractivity contribution is -0.710. The summed E-state index contributed by atoms with van der Waals surface area (Å²) >= 11 is 0. The number of hydrogen-bond donors (Lipinski definition) is 2. The number of benzene rings is 1. The van der Waals surface area contributed by atoms with Gasteiger partial charge in [0.1, 0.15) is 6.04 Å². The van der Waals surface area contributed by atoms with Crippen LogP contribution in [0.2, 0.25) is 0 Å². The molecule has 0 amide bonds. The fourth-order valence-corrected chi connectivity index (χ4v) is 7.78. The van der Waals surface area contributed by atoms with Gasteiger partial charge < -0.3 is 10.3 Å². The Morgan fingerprint density at radius 3 is 2.54 bits per heavy atom. The lowest BCUT2D eigenvalue weighted by atomic mass is 9.49. The van der Waals surface area contributed by atoms with Crippen molar-refractivity contribution in [2.45, 2.75) is 70.8 Å². The summed E-state index contributed by atoms with van der Waals surface area (Å²) in [6, 6.07) is 7.60. The quantitative estimate of drug-likeness (QED) is 0.810. The molecular formula is C24H33N2+. The second kappa shape index (κ2) is 5.61. The minimum Gasteiger partial charge on any atom is -0.353 e. The SMILES string of the molecule is Cc1ccc2[nH]c3c(c2c1)CCC[C@H]3[NH2+]CC12CC3CC(CC(C3)C1)C2. The van der Waals surface area contributed by atoms with Gasteiger partial charge in [0.2, 0.25) is 0 Å². The van der Waals surface area contributed by atoms with E-state index in [-0.39, 0.29) is 0 Å². The van der Waals surface area contributed by atoms with Crippen LogP contribution < -0.4 is 5.32 Å². The number of H-pyrrole nitrogens is 1. The summed E-state index contributed by atoms with van der Waals surface area (Å²) < 4.78 is 0. The van der Waals surface area contributed by atoms with E-state index in [2.05, 4.69) is 35.4 Å². The normalized spacial score (nSPS) is 38.0. The van der Waals surface area contributed by atoms with Crippen LogP contribution in [0.15, 0.2) is 18.2 Å². The molecule has 138 valence electrons. The van der Waals surface area contributed by atoms with E-state index in [0.717, 1.165) is 17.8 Å². The van der Waals surface area contributed by atoms with E-state index in [1.165, 1.54) is 42.3 Å². The van der Waals surface area contributed by atoms with E-state index < -0.39 is 0 Å². The molecule has 1 heterocycles. The topological polar surface area (TPSA) is 32.4 Å². The molecule has 5 aliphatic carbocycles. The van der Waals surface area contributed by atoms with Crippen LogP contribution in [0.3, 0.4) is 0 Å². The largest absolute Gasteiger partial charge is 0.353 e. The Morgan fingerprint density at radius 2 is 1.81 bits per heavy atom. The summed E-state index contributed by atoms with van der Waals surface area (Å²) in [5.41, 5.74) is 6.62. The molecule has 1 aromatic heterocycles. The van der Waals surface area contributed by atoms with Gasteiger partial charge in [0.25, 0.3) is 0 Å². The van der Waals surface area contributed by atoms with Gasteiger partial charge in [0.15, 0.2) is 0 Å². The molecule has 4 saturated carbocycles. The molecule has 7 rings (SSSR count). The molecule has 2 aromatic rings. The first-order chi connectivity index (χ1) is 12.7. The number of rotatable bonds is 3. The predicted octanol–water partition coefficient (Wildman–Crippen LogP) is 4.63. The number of nitrogens with two attached hydrogens (primary N) is 1. The van der Waals surface area contributed by atoms with Crippen molar-refractivity contribution in [3.63, 3.8) is 0 Å². The van der Waals surface area contributed by atoms with Gasteiger partial charge in [-0.25, -0.2) is 0 Å². The fraction of sp³-hybridized carbons (Fsp3) is 0.667. The Hall–Kier alpha value is -1.28. The van der Waals surface area contributed by atoms with Crippen LogP contribution in [0.5, 0.6) is 0 Å². The van der Waals surface area contributed by atoms with Gasteiger partial charge in [0, 0.05) is 22.7 Å². The molecule has 1 aromatic carbocycles. The summed E-state index contributed by atoms with van der Waals surface area (Å²) in [6.45, 7) is 3.60. The van der Waals surface area contributed by atoms with Gasteiger partial charge in [-0.15, -0.1) is 0 Å². The second-order valence-electron chi connectivity index (χ2n) is 10.4. The maximum Gasteiger partial charge on any atom is 0.127 e. The van der Waals surface area contributed by atoms with E-state index in [1.807, 2.05) is 0 Å². The zero-order valence-electron chi connectivity index (χ0n) is 16.2. The average Bonchev–Trinajstić information content (AvgIpc) is 2.97. The highest BCUT2D eigenvalue weighted by molar-refractivity contribution is 5.85. The van der Waals surface area contributed by atoms with Gasteiger partial charge in [-0.2, -0.15) is 0 Å². The second-order valence-corrected chi connectivity index (χ2v) is 10.4. The molecule has 0 radical (unpaired) electrons. The van der Waals surface area contributed by atoms with E-state index >= 15 is 0 Å². The monoisotopic (exact) mass is 349 g/mol. The maximum absolute atomic E-state index is 3.82. The molecule has 0 unspecified atom stereocenters. The Kier molecular flexibility index (Phi) is 3.40. The molecule has 3 N–H and O–H groups in total. The van der Waals surface area contributed by atoms with E-state index in [4.69, 9.17) is 0 Å². The van der Waals surface area contributed by atoms with Crippen LogP contribution in [-0.4, -0.2) is 11.5 Å². The Labute approximate surface area is 157 Å². The molecule has 5 aliphatic rings. The molecule has 4 bridgehead atoms. The van der Waals surface area contributed by atoms with E-state index in [1.54, 1.807) is 49.8 Å². The number of aromatic nitrogens is 1. The zero-order valence-corrected chi connectivity index (χ0v) is 16.2. The minimum absolute atomic E-state index is 0.666. The fourth-order valence-electron chi connectivity index (χ4n) is 7.78. The number of hydrogen-bond acceptors (Lipinski definition) is 0.